The summed E-state index contributed by atoms with van der Waals surface area (Å²) in [6.07, 6.45) is 4.93. The molecule has 0 heterocycles. The number of nitrogens with zero attached hydrogens (tertiary/aromatic N) is 1. The molecule has 116 valence electrons. The second-order valence-electron chi connectivity index (χ2n) is 6.40. The van der Waals surface area contributed by atoms with Crippen molar-refractivity contribution in [3.63, 3.8) is 0 Å². The van der Waals surface area contributed by atoms with E-state index in [0.29, 0.717) is 18.3 Å². The summed E-state index contributed by atoms with van der Waals surface area (Å²) in [5.41, 5.74) is 8.32. The second-order valence-corrected chi connectivity index (χ2v) is 6.40. The molecule has 2 rings (SSSR count). The van der Waals surface area contributed by atoms with Gasteiger partial charge in [0.05, 0.1) is 6.54 Å². The van der Waals surface area contributed by atoms with E-state index in [2.05, 4.69) is 17.1 Å². The minimum atomic E-state index is 0.0322. The van der Waals surface area contributed by atoms with Crippen LogP contribution in [0.4, 0.5) is 11.4 Å². The summed E-state index contributed by atoms with van der Waals surface area (Å²) in [5.74, 6) is 0.864. The second kappa shape index (κ2) is 6.94. The van der Waals surface area contributed by atoms with Crippen LogP contribution in [-0.2, 0) is 4.79 Å². The molecule has 1 aromatic rings. The number of nitrogen functional groups attached to an aromatic ring is 1. The fourth-order valence-corrected chi connectivity index (χ4v) is 3.02. The Morgan fingerprint density at radius 2 is 2.00 bits per heavy atom. The summed E-state index contributed by atoms with van der Waals surface area (Å²) in [6.45, 7) is 4.68. The molecule has 1 amide bonds. The van der Waals surface area contributed by atoms with Gasteiger partial charge in [0.1, 0.15) is 0 Å². The number of rotatable bonds is 4. The lowest BCUT2D eigenvalue weighted by Crippen LogP contribution is -2.39. The highest BCUT2D eigenvalue weighted by Crippen LogP contribution is 2.26. The summed E-state index contributed by atoms with van der Waals surface area (Å²) in [7, 11) is 2.05. The first-order chi connectivity index (χ1) is 9.97. The smallest absolute Gasteiger partial charge is 0.238 e. The van der Waals surface area contributed by atoms with Crippen LogP contribution in [0.15, 0.2) is 18.2 Å². The van der Waals surface area contributed by atoms with Crippen LogP contribution < -0.4 is 11.1 Å². The Bertz CT molecular complexity index is 493. The van der Waals surface area contributed by atoms with Crippen LogP contribution in [0, 0.1) is 12.8 Å². The maximum atomic E-state index is 12.2. The molecule has 1 aliphatic carbocycles. The average molecular weight is 289 g/mol. The highest BCUT2D eigenvalue weighted by Gasteiger charge is 2.23. The topological polar surface area (TPSA) is 58.4 Å². The minimum Gasteiger partial charge on any atom is -0.398 e. The maximum Gasteiger partial charge on any atom is 0.238 e. The number of benzene rings is 1. The van der Waals surface area contributed by atoms with Gasteiger partial charge in [0.15, 0.2) is 0 Å². The van der Waals surface area contributed by atoms with E-state index in [1.165, 1.54) is 25.7 Å². The first kappa shape index (κ1) is 15.8. The molecule has 0 aliphatic heterocycles. The summed E-state index contributed by atoms with van der Waals surface area (Å²) < 4.78 is 0. The number of nitrogens with one attached hydrogen (secondary N) is 1. The fraction of sp³-hybridized carbons (Fsp3) is 0.588. The van der Waals surface area contributed by atoms with Gasteiger partial charge in [-0.25, -0.2) is 0 Å². The molecule has 4 heteroatoms. The largest absolute Gasteiger partial charge is 0.398 e. The summed E-state index contributed by atoms with van der Waals surface area (Å²) in [6, 6.07) is 6.14. The van der Waals surface area contributed by atoms with E-state index in [-0.39, 0.29) is 5.91 Å². The third-order valence-corrected chi connectivity index (χ3v) is 4.65. The lowest BCUT2D eigenvalue weighted by Gasteiger charge is -2.33. The van der Waals surface area contributed by atoms with Gasteiger partial charge >= 0.3 is 0 Å². The molecule has 1 saturated carbocycles. The summed E-state index contributed by atoms with van der Waals surface area (Å²) in [5, 5.41) is 2.97. The lowest BCUT2D eigenvalue weighted by molar-refractivity contribution is -0.117. The fourth-order valence-electron chi connectivity index (χ4n) is 3.02. The van der Waals surface area contributed by atoms with Crippen molar-refractivity contribution in [2.45, 2.75) is 45.6 Å². The van der Waals surface area contributed by atoms with E-state index < -0.39 is 0 Å². The van der Waals surface area contributed by atoms with Crippen LogP contribution in [0.3, 0.4) is 0 Å². The van der Waals surface area contributed by atoms with Crippen molar-refractivity contribution in [2.24, 2.45) is 5.92 Å². The van der Waals surface area contributed by atoms with Gasteiger partial charge in [-0.15, -0.1) is 0 Å². The normalized spacial score (nSPS) is 22.3. The van der Waals surface area contributed by atoms with Gasteiger partial charge in [-0.1, -0.05) is 13.0 Å². The molecule has 21 heavy (non-hydrogen) atoms. The molecule has 0 aromatic heterocycles. The summed E-state index contributed by atoms with van der Waals surface area (Å²) >= 11 is 0. The molecule has 3 N–H and O–H groups in total. The predicted molar refractivity (Wildman–Crippen MR) is 88.3 cm³/mol. The third kappa shape index (κ3) is 4.21. The SMILES string of the molecule is Cc1c(N)cccc1NC(=O)CN(C)C1CCC(C)CC1. The number of nitrogens with two attached hydrogens (primary N) is 1. The zero-order valence-corrected chi connectivity index (χ0v) is 13.4. The van der Waals surface area contributed by atoms with Gasteiger partial charge in [0.2, 0.25) is 5.91 Å². The van der Waals surface area contributed by atoms with Crippen LogP contribution in [0.1, 0.15) is 38.2 Å². The third-order valence-electron chi connectivity index (χ3n) is 4.65. The van der Waals surface area contributed by atoms with Gasteiger partial charge in [-0.2, -0.15) is 0 Å². The van der Waals surface area contributed by atoms with E-state index in [1.54, 1.807) is 0 Å². The molecule has 1 aromatic carbocycles. The van der Waals surface area contributed by atoms with Gasteiger partial charge < -0.3 is 11.1 Å². The predicted octanol–water partition coefficient (Wildman–Crippen LogP) is 3.03. The molecule has 0 radical (unpaired) electrons. The first-order valence-electron chi connectivity index (χ1n) is 7.82. The number of amides is 1. The van der Waals surface area contributed by atoms with Crippen molar-refractivity contribution in [3.8, 4) is 0 Å². The molecular weight excluding hydrogens is 262 g/mol. The number of anilines is 2. The molecule has 0 atom stereocenters. The number of hydrogen-bond donors (Lipinski definition) is 2. The number of carbonyl (C=O) groups excluding carboxylic acids is 1. The zero-order valence-electron chi connectivity index (χ0n) is 13.4. The first-order valence-corrected chi connectivity index (χ1v) is 7.82. The maximum absolute atomic E-state index is 12.2. The van der Waals surface area contributed by atoms with Crippen LogP contribution in [0.25, 0.3) is 0 Å². The molecule has 0 saturated heterocycles. The van der Waals surface area contributed by atoms with Gasteiger partial charge in [-0.3, -0.25) is 9.69 Å². The van der Waals surface area contributed by atoms with Crippen LogP contribution in [0.2, 0.25) is 0 Å². The highest BCUT2D eigenvalue weighted by molar-refractivity contribution is 5.93. The van der Waals surface area contributed by atoms with Crippen molar-refractivity contribution < 1.29 is 4.79 Å². The molecule has 0 spiro atoms. The Balaban J connectivity index is 1.88. The highest BCUT2D eigenvalue weighted by atomic mass is 16.2. The van der Waals surface area contributed by atoms with E-state index in [4.69, 9.17) is 5.73 Å². The molecule has 0 unspecified atom stereocenters. The average Bonchev–Trinajstić information content (AvgIpc) is 2.44. The molecule has 1 aliphatic rings. The standard InChI is InChI=1S/C17H27N3O/c1-12-7-9-14(10-8-12)20(3)11-17(21)19-16-6-4-5-15(18)13(16)2/h4-6,12,14H,7-11,18H2,1-3H3,(H,19,21). The van der Waals surface area contributed by atoms with Crippen molar-refractivity contribution in [1.29, 1.82) is 0 Å². The molecule has 0 bridgehead atoms. The van der Waals surface area contributed by atoms with E-state index >= 15 is 0 Å². The monoisotopic (exact) mass is 289 g/mol. The number of hydrogen-bond acceptors (Lipinski definition) is 3. The molecule has 1 fully saturated rings. The zero-order chi connectivity index (χ0) is 15.4. The molecule has 4 nitrogen and oxygen atoms in total. The Hall–Kier alpha value is -1.55. The van der Waals surface area contributed by atoms with E-state index in [1.807, 2.05) is 32.2 Å². The molecular formula is C17H27N3O. The lowest BCUT2D eigenvalue weighted by atomic mass is 9.87. The van der Waals surface area contributed by atoms with Crippen molar-refractivity contribution >= 4 is 17.3 Å². The quantitative estimate of drug-likeness (QED) is 0.838. The Kier molecular flexibility index (Phi) is 5.23. The Morgan fingerprint density at radius 1 is 1.33 bits per heavy atom. The van der Waals surface area contributed by atoms with Crippen molar-refractivity contribution in [1.82, 2.24) is 4.90 Å². The van der Waals surface area contributed by atoms with E-state index in [0.717, 1.165) is 17.2 Å². The Morgan fingerprint density at radius 3 is 2.67 bits per heavy atom. The van der Waals surface area contributed by atoms with Crippen molar-refractivity contribution in [3.05, 3.63) is 23.8 Å². The van der Waals surface area contributed by atoms with Crippen LogP contribution in [0.5, 0.6) is 0 Å². The summed E-state index contributed by atoms with van der Waals surface area (Å²) in [4.78, 5) is 14.4. The van der Waals surface area contributed by atoms with Gasteiger partial charge in [0, 0.05) is 17.4 Å². The van der Waals surface area contributed by atoms with Crippen molar-refractivity contribution in [2.75, 3.05) is 24.6 Å². The van der Waals surface area contributed by atoms with E-state index in [9.17, 15) is 4.79 Å². The van der Waals surface area contributed by atoms with Gasteiger partial charge in [-0.05, 0) is 63.3 Å². The Labute approximate surface area is 127 Å². The minimum absolute atomic E-state index is 0.0322. The number of carbonyl (C=O) groups is 1. The number of likely N-dealkylation sites (N-methyl/N-ethyl adjacent to an activating group) is 1. The van der Waals surface area contributed by atoms with Crippen LogP contribution in [-0.4, -0.2) is 30.4 Å². The van der Waals surface area contributed by atoms with Gasteiger partial charge in [0.25, 0.3) is 0 Å². The van der Waals surface area contributed by atoms with Crippen LogP contribution >= 0.6 is 0 Å².